The lowest BCUT2D eigenvalue weighted by atomic mass is 10.0. The number of rotatable bonds is 5. The van der Waals surface area contributed by atoms with Crippen molar-refractivity contribution in [3.63, 3.8) is 0 Å². The van der Waals surface area contributed by atoms with Gasteiger partial charge >= 0.3 is 0 Å². The fourth-order valence-electron chi connectivity index (χ4n) is 3.37. The second kappa shape index (κ2) is 6.61. The molecule has 0 fully saturated rings. The van der Waals surface area contributed by atoms with Crippen molar-refractivity contribution < 1.29 is 14.3 Å². The first-order valence-corrected chi connectivity index (χ1v) is 9.09. The number of H-pyrrole nitrogens is 1. The molecule has 0 radical (unpaired) electrons. The zero-order chi connectivity index (χ0) is 19.0. The molecule has 140 valence electrons. The number of aromatic amines is 1. The summed E-state index contributed by atoms with van der Waals surface area (Å²) in [6.45, 7) is 5.89. The van der Waals surface area contributed by atoms with Gasteiger partial charge in [0.15, 0.2) is 18.1 Å². The number of nitrogens with one attached hydrogen (secondary N) is 2. The van der Waals surface area contributed by atoms with Gasteiger partial charge in [0.2, 0.25) is 0 Å². The number of fused-ring (bicyclic) bond motifs is 2. The number of aromatic nitrogens is 2. The van der Waals surface area contributed by atoms with E-state index in [9.17, 15) is 4.79 Å². The van der Waals surface area contributed by atoms with Gasteiger partial charge in [-0.15, -0.1) is 0 Å². The Morgan fingerprint density at radius 1 is 1.30 bits per heavy atom. The molecule has 27 heavy (non-hydrogen) atoms. The van der Waals surface area contributed by atoms with E-state index in [1.807, 2.05) is 63.2 Å². The quantitative estimate of drug-likeness (QED) is 0.725. The summed E-state index contributed by atoms with van der Waals surface area (Å²) in [6, 6.07) is 13.3. The van der Waals surface area contributed by atoms with Crippen molar-refractivity contribution in [2.45, 2.75) is 38.8 Å². The maximum Gasteiger partial charge on any atom is 0.258 e. The number of benzene rings is 2. The van der Waals surface area contributed by atoms with Crippen LogP contribution in [0.1, 0.15) is 38.2 Å². The number of hydrogen-bond donors (Lipinski definition) is 2. The first-order chi connectivity index (χ1) is 12.9. The van der Waals surface area contributed by atoms with Gasteiger partial charge in [-0.3, -0.25) is 4.79 Å². The fourth-order valence-corrected chi connectivity index (χ4v) is 3.37. The molecule has 1 aliphatic rings. The first-order valence-electron chi connectivity index (χ1n) is 9.09. The molecule has 1 aromatic heterocycles. The number of imidazole rings is 1. The van der Waals surface area contributed by atoms with Crippen molar-refractivity contribution in [1.29, 1.82) is 0 Å². The van der Waals surface area contributed by atoms with Crippen LogP contribution in [0.3, 0.4) is 0 Å². The van der Waals surface area contributed by atoms with E-state index in [0.717, 1.165) is 34.6 Å². The van der Waals surface area contributed by atoms with Crippen LogP contribution in [0.4, 0.5) is 0 Å². The maximum atomic E-state index is 12.3. The van der Waals surface area contributed by atoms with Crippen molar-refractivity contribution in [1.82, 2.24) is 15.3 Å². The molecule has 0 spiro atoms. The van der Waals surface area contributed by atoms with Gasteiger partial charge in [0.1, 0.15) is 11.4 Å². The molecular formula is C21H23N3O3. The monoisotopic (exact) mass is 365 g/mol. The van der Waals surface area contributed by atoms with E-state index >= 15 is 0 Å². The van der Waals surface area contributed by atoms with Gasteiger partial charge < -0.3 is 19.8 Å². The summed E-state index contributed by atoms with van der Waals surface area (Å²) >= 11 is 0. The lowest BCUT2D eigenvalue weighted by Crippen LogP contribution is -2.31. The van der Waals surface area contributed by atoms with Crippen LogP contribution in [-0.2, 0) is 11.2 Å². The van der Waals surface area contributed by atoms with Crippen LogP contribution in [0.25, 0.3) is 11.0 Å². The summed E-state index contributed by atoms with van der Waals surface area (Å²) in [5, 5.41) is 2.91. The van der Waals surface area contributed by atoms with E-state index in [0.29, 0.717) is 5.75 Å². The molecule has 1 amide bonds. The molecule has 6 nitrogen and oxygen atoms in total. The second-order valence-electron chi connectivity index (χ2n) is 7.50. The Kier molecular flexibility index (Phi) is 4.26. The number of nitrogens with zero attached hydrogens (tertiary/aromatic N) is 1. The Hall–Kier alpha value is -3.02. The third kappa shape index (κ3) is 3.60. The van der Waals surface area contributed by atoms with Crippen LogP contribution < -0.4 is 14.8 Å². The zero-order valence-electron chi connectivity index (χ0n) is 15.7. The average Bonchev–Trinajstić information content (AvgIpc) is 3.19. The number of carbonyl (C=O) groups is 1. The van der Waals surface area contributed by atoms with E-state index in [-0.39, 0.29) is 24.2 Å². The van der Waals surface area contributed by atoms with Gasteiger partial charge in [0.05, 0.1) is 17.1 Å². The Morgan fingerprint density at radius 3 is 2.93 bits per heavy atom. The molecule has 4 rings (SSSR count). The predicted molar refractivity (Wildman–Crippen MR) is 103 cm³/mol. The molecule has 2 aromatic carbocycles. The molecule has 6 heteroatoms. The number of para-hydroxylation sites is 3. The normalized spacial score (nSPS) is 15.8. The molecule has 3 aromatic rings. The highest BCUT2D eigenvalue weighted by atomic mass is 16.5. The largest absolute Gasteiger partial charge is 0.483 e. The Morgan fingerprint density at radius 2 is 2.11 bits per heavy atom. The number of hydrogen-bond acceptors (Lipinski definition) is 4. The van der Waals surface area contributed by atoms with Crippen molar-refractivity contribution in [3.05, 3.63) is 53.9 Å². The summed E-state index contributed by atoms with van der Waals surface area (Å²) in [5.74, 6) is 1.85. The third-order valence-electron chi connectivity index (χ3n) is 4.61. The number of carbonyl (C=O) groups excluding carboxylic acids is 1. The van der Waals surface area contributed by atoms with Crippen molar-refractivity contribution in [2.75, 3.05) is 6.61 Å². The summed E-state index contributed by atoms with van der Waals surface area (Å²) < 4.78 is 11.7. The maximum absolute atomic E-state index is 12.3. The topological polar surface area (TPSA) is 76.2 Å². The standard InChI is InChI=1S/C21H23N3O3/c1-13(20-23-15-8-4-5-9-16(15)24-20)22-18(25)12-26-17-10-6-7-14-11-21(2,3)27-19(14)17/h4-10,13H,11-12H2,1-3H3,(H,22,25)(H,23,24). The summed E-state index contributed by atoms with van der Waals surface area (Å²) in [6.07, 6.45) is 0.828. The predicted octanol–water partition coefficient (Wildman–Crippen LogP) is 3.53. The molecule has 0 saturated carbocycles. The minimum atomic E-state index is -0.250. The summed E-state index contributed by atoms with van der Waals surface area (Å²) in [7, 11) is 0. The Balaban J connectivity index is 1.39. The van der Waals surface area contributed by atoms with Crippen molar-refractivity contribution in [3.8, 4) is 11.5 Å². The highest BCUT2D eigenvalue weighted by Gasteiger charge is 2.32. The molecule has 2 heterocycles. The SMILES string of the molecule is CC(NC(=O)COc1cccc2c1OC(C)(C)C2)c1nc2ccccc2[nH]1. The van der Waals surface area contributed by atoms with Gasteiger partial charge in [0.25, 0.3) is 5.91 Å². The Labute approximate surface area is 157 Å². The van der Waals surface area contributed by atoms with Crippen LogP contribution in [0.2, 0.25) is 0 Å². The fraction of sp³-hybridized carbons (Fsp3) is 0.333. The smallest absolute Gasteiger partial charge is 0.258 e. The lowest BCUT2D eigenvalue weighted by Gasteiger charge is -2.18. The van der Waals surface area contributed by atoms with Crippen molar-refractivity contribution >= 4 is 16.9 Å². The van der Waals surface area contributed by atoms with Gasteiger partial charge in [0, 0.05) is 12.0 Å². The van der Waals surface area contributed by atoms with Crippen LogP contribution >= 0.6 is 0 Å². The molecule has 2 N–H and O–H groups in total. The number of ether oxygens (including phenoxy) is 2. The minimum absolute atomic E-state index is 0.0786. The second-order valence-corrected chi connectivity index (χ2v) is 7.50. The molecular weight excluding hydrogens is 342 g/mol. The van der Waals surface area contributed by atoms with Crippen LogP contribution in [0.15, 0.2) is 42.5 Å². The summed E-state index contributed by atoms with van der Waals surface area (Å²) in [5.41, 5.74) is 2.68. The minimum Gasteiger partial charge on any atom is -0.483 e. The number of amides is 1. The highest BCUT2D eigenvalue weighted by molar-refractivity contribution is 5.78. The van der Waals surface area contributed by atoms with Crippen LogP contribution in [-0.4, -0.2) is 28.1 Å². The van der Waals surface area contributed by atoms with Gasteiger partial charge in [-0.05, 0) is 39.0 Å². The van der Waals surface area contributed by atoms with E-state index in [1.54, 1.807) is 0 Å². The van der Waals surface area contributed by atoms with Gasteiger partial charge in [-0.1, -0.05) is 24.3 Å². The molecule has 1 atom stereocenters. The summed E-state index contributed by atoms with van der Waals surface area (Å²) in [4.78, 5) is 20.1. The third-order valence-corrected chi connectivity index (χ3v) is 4.61. The van der Waals surface area contributed by atoms with Crippen LogP contribution in [0, 0.1) is 0 Å². The van der Waals surface area contributed by atoms with E-state index < -0.39 is 0 Å². The van der Waals surface area contributed by atoms with E-state index in [4.69, 9.17) is 9.47 Å². The molecule has 1 unspecified atom stereocenters. The first kappa shape index (κ1) is 17.4. The van der Waals surface area contributed by atoms with Gasteiger partial charge in [-0.2, -0.15) is 0 Å². The average molecular weight is 365 g/mol. The van der Waals surface area contributed by atoms with Crippen molar-refractivity contribution in [2.24, 2.45) is 0 Å². The molecule has 0 saturated heterocycles. The van der Waals surface area contributed by atoms with Gasteiger partial charge in [-0.25, -0.2) is 4.98 Å². The Bertz CT molecular complexity index is 960. The zero-order valence-corrected chi connectivity index (χ0v) is 15.7. The highest BCUT2D eigenvalue weighted by Crippen LogP contribution is 2.41. The van der Waals surface area contributed by atoms with E-state index in [1.165, 1.54) is 0 Å². The molecule has 0 bridgehead atoms. The van der Waals surface area contributed by atoms with Crippen LogP contribution in [0.5, 0.6) is 11.5 Å². The molecule has 0 aliphatic carbocycles. The van der Waals surface area contributed by atoms with E-state index in [2.05, 4.69) is 15.3 Å². The molecule has 1 aliphatic heterocycles. The lowest BCUT2D eigenvalue weighted by molar-refractivity contribution is -0.123.